The molecule has 4 rings (SSSR count). The molecule has 0 atom stereocenters. The molecule has 7 heteroatoms. The Kier molecular flexibility index (Phi) is 3.28. The van der Waals surface area contributed by atoms with Crippen molar-refractivity contribution < 1.29 is 14.1 Å². The van der Waals surface area contributed by atoms with Crippen LogP contribution in [0.1, 0.15) is 16.1 Å². The van der Waals surface area contributed by atoms with Gasteiger partial charge in [0.25, 0.3) is 11.6 Å². The Bertz CT molecular complexity index is 995. The summed E-state index contributed by atoms with van der Waals surface area (Å²) in [6.45, 7) is 0.465. The highest BCUT2D eigenvalue weighted by Gasteiger charge is 2.29. The average molecular weight is 343 g/mol. The van der Waals surface area contributed by atoms with Gasteiger partial charge in [-0.05, 0) is 36.2 Å². The number of amides is 1. The van der Waals surface area contributed by atoms with E-state index in [9.17, 15) is 14.9 Å². The first kappa shape index (κ1) is 14.7. The van der Waals surface area contributed by atoms with Gasteiger partial charge in [0.2, 0.25) is 0 Å². The molecule has 1 amide bonds. The smallest absolute Gasteiger partial charge is 0.294 e. The number of halogens is 1. The number of non-ortho nitro benzene ring substituents is 1. The number of nitro groups is 1. The predicted octanol–water partition coefficient (Wildman–Crippen LogP) is 4.20. The number of hydrogen-bond donors (Lipinski definition) is 0. The van der Waals surface area contributed by atoms with Crippen LogP contribution in [0.4, 0.5) is 11.4 Å². The molecular formula is C17H11ClN2O4. The van der Waals surface area contributed by atoms with Crippen molar-refractivity contribution in [2.75, 3.05) is 11.4 Å². The zero-order valence-corrected chi connectivity index (χ0v) is 13.1. The van der Waals surface area contributed by atoms with E-state index in [1.54, 1.807) is 30.3 Å². The van der Waals surface area contributed by atoms with Gasteiger partial charge in [-0.1, -0.05) is 17.7 Å². The number of benzene rings is 2. The number of carbonyl (C=O) groups excluding carboxylic acids is 1. The van der Waals surface area contributed by atoms with Crippen molar-refractivity contribution in [3.05, 3.63) is 68.9 Å². The van der Waals surface area contributed by atoms with Gasteiger partial charge in [0, 0.05) is 29.1 Å². The van der Waals surface area contributed by atoms with Crippen LogP contribution in [0.25, 0.3) is 11.0 Å². The lowest BCUT2D eigenvalue weighted by Gasteiger charge is -2.15. The van der Waals surface area contributed by atoms with Crippen LogP contribution in [-0.2, 0) is 6.42 Å². The second-order valence-corrected chi connectivity index (χ2v) is 6.01. The van der Waals surface area contributed by atoms with Crippen LogP contribution >= 0.6 is 11.6 Å². The zero-order chi connectivity index (χ0) is 16.8. The molecule has 1 aliphatic rings. The third-order valence-corrected chi connectivity index (χ3v) is 4.34. The summed E-state index contributed by atoms with van der Waals surface area (Å²) in [4.78, 5) is 24.8. The summed E-state index contributed by atoms with van der Waals surface area (Å²) < 4.78 is 5.61. The molecule has 1 aliphatic heterocycles. The zero-order valence-electron chi connectivity index (χ0n) is 12.4. The molecule has 120 valence electrons. The van der Waals surface area contributed by atoms with E-state index in [2.05, 4.69) is 0 Å². The average Bonchev–Trinajstić information content (AvgIpc) is 3.16. The molecule has 0 spiro atoms. The molecule has 1 aromatic heterocycles. The first-order valence-corrected chi connectivity index (χ1v) is 7.69. The van der Waals surface area contributed by atoms with Crippen LogP contribution in [0.5, 0.6) is 0 Å². The van der Waals surface area contributed by atoms with E-state index >= 15 is 0 Å². The van der Waals surface area contributed by atoms with Crippen LogP contribution in [0.3, 0.4) is 0 Å². The molecular weight excluding hydrogens is 332 g/mol. The Hall–Kier alpha value is -2.86. The quantitative estimate of drug-likeness (QED) is 0.516. The van der Waals surface area contributed by atoms with Gasteiger partial charge in [-0.25, -0.2) is 0 Å². The maximum absolute atomic E-state index is 12.8. The van der Waals surface area contributed by atoms with E-state index in [1.165, 1.54) is 17.0 Å². The molecule has 2 aromatic carbocycles. The molecule has 24 heavy (non-hydrogen) atoms. The molecule has 0 unspecified atom stereocenters. The fourth-order valence-electron chi connectivity index (χ4n) is 2.94. The third-order valence-electron chi connectivity index (χ3n) is 4.11. The molecule has 6 nitrogen and oxygen atoms in total. The number of hydrogen-bond acceptors (Lipinski definition) is 4. The number of fused-ring (bicyclic) bond motifs is 2. The van der Waals surface area contributed by atoms with Crippen molar-refractivity contribution >= 4 is 39.9 Å². The summed E-state index contributed by atoms with van der Waals surface area (Å²) in [6.07, 6.45) is 0.658. The summed E-state index contributed by atoms with van der Waals surface area (Å²) in [5.74, 6) is -0.131. The number of nitro benzene ring substituents is 1. The SMILES string of the molecule is O=C(c1cc2cc(Cl)ccc2o1)N1CCc2ccc([N+](=O)[O-])cc21. The van der Waals surface area contributed by atoms with Crippen LogP contribution in [-0.4, -0.2) is 17.4 Å². The molecule has 0 radical (unpaired) electrons. The van der Waals surface area contributed by atoms with Crippen molar-refractivity contribution in [3.8, 4) is 0 Å². The Morgan fingerprint density at radius 3 is 2.83 bits per heavy atom. The third kappa shape index (κ3) is 2.32. The van der Waals surface area contributed by atoms with E-state index in [0.29, 0.717) is 29.3 Å². The van der Waals surface area contributed by atoms with Crippen LogP contribution in [0.2, 0.25) is 5.02 Å². The van der Waals surface area contributed by atoms with Crippen LogP contribution < -0.4 is 4.90 Å². The van der Waals surface area contributed by atoms with Crippen molar-refractivity contribution in [2.45, 2.75) is 6.42 Å². The van der Waals surface area contributed by atoms with Gasteiger partial charge in [-0.15, -0.1) is 0 Å². The maximum atomic E-state index is 12.8. The Morgan fingerprint density at radius 2 is 2.04 bits per heavy atom. The summed E-state index contributed by atoms with van der Waals surface area (Å²) >= 11 is 5.95. The van der Waals surface area contributed by atoms with E-state index in [4.69, 9.17) is 16.0 Å². The van der Waals surface area contributed by atoms with E-state index < -0.39 is 4.92 Å². The maximum Gasteiger partial charge on any atom is 0.294 e. The first-order valence-electron chi connectivity index (χ1n) is 7.31. The number of furan rings is 1. The van der Waals surface area contributed by atoms with Crippen molar-refractivity contribution in [1.82, 2.24) is 0 Å². The Labute approximate surface area is 141 Å². The molecule has 0 fully saturated rings. The minimum absolute atomic E-state index is 0.0372. The van der Waals surface area contributed by atoms with Gasteiger partial charge in [0.1, 0.15) is 5.58 Å². The standard InChI is InChI=1S/C17H11ClN2O4/c18-12-2-4-15-11(7-12)8-16(24-15)17(21)19-6-5-10-1-3-13(20(22)23)9-14(10)19/h1-4,7-9H,5-6H2. The predicted molar refractivity (Wildman–Crippen MR) is 89.7 cm³/mol. The summed E-state index contributed by atoms with van der Waals surface area (Å²) in [5, 5.41) is 12.3. The highest BCUT2D eigenvalue weighted by atomic mass is 35.5. The normalized spacial score (nSPS) is 13.3. The summed E-state index contributed by atoms with van der Waals surface area (Å²) in [5.41, 5.74) is 2.01. The van der Waals surface area contributed by atoms with Gasteiger partial charge >= 0.3 is 0 Å². The van der Waals surface area contributed by atoms with E-state index in [-0.39, 0.29) is 17.4 Å². The molecule has 0 saturated heterocycles. The van der Waals surface area contributed by atoms with Crippen molar-refractivity contribution in [3.63, 3.8) is 0 Å². The fraction of sp³-hybridized carbons (Fsp3) is 0.118. The van der Waals surface area contributed by atoms with E-state index in [1.807, 2.05) is 0 Å². The summed E-state index contributed by atoms with van der Waals surface area (Å²) in [6, 6.07) is 11.3. The van der Waals surface area contributed by atoms with Crippen LogP contribution in [0, 0.1) is 10.1 Å². The second-order valence-electron chi connectivity index (χ2n) is 5.57. The van der Waals surface area contributed by atoms with Gasteiger partial charge in [-0.2, -0.15) is 0 Å². The monoisotopic (exact) mass is 342 g/mol. The largest absolute Gasteiger partial charge is 0.451 e. The van der Waals surface area contributed by atoms with Crippen molar-refractivity contribution in [2.24, 2.45) is 0 Å². The van der Waals surface area contributed by atoms with E-state index in [0.717, 1.165) is 10.9 Å². The second kappa shape index (κ2) is 5.35. The molecule has 0 bridgehead atoms. The van der Waals surface area contributed by atoms with Gasteiger partial charge in [0.05, 0.1) is 10.6 Å². The topological polar surface area (TPSA) is 76.6 Å². The van der Waals surface area contributed by atoms with Crippen LogP contribution in [0.15, 0.2) is 46.9 Å². The molecule has 0 N–H and O–H groups in total. The minimum atomic E-state index is -0.468. The highest BCUT2D eigenvalue weighted by Crippen LogP contribution is 2.33. The number of nitrogens with zero attached hydrogens (tertiary/aromatic N) is 2. The van der Waals surface area contributed by atoms with Gasteiger partial charge < -0.3 is 9.32 Å². The Balaban J connectivity index is 1.73. The Morgan fingerprint density at radius 1 is 1.21 bits per heavy atom. The summed E-state index contributed by atoms with van der Waals surface area (Å²) in [7, 11) is 0. The minimum Gasteiger partial charge on any atom is -0.451 e. The number of carbonyl (C=O) groups is 1. The molecule has 0 aliphatic carbocycles. The lowest BCUT2D eigenvalue weighted by atomic mass is 10.1. The molecule has 0 saturated carbocycles. The lowest BCUT2D eigenvalue weighted by molar-refractivity contribution is -0.384. The number of rotatable bonds is 2. The van der Waals surface area contributed by atoms with Gasteiger partial charge in [-0.3, -0.25) is 14.9 Å². The first-order chi connectivity index (χ1) is 11.5. The number of anilines is 1. The fourth-order valence-corrected chi connectivity index (χ4v) is 3.13. The lowest BCUT2D eigenvalue weighted by Crippen LogP contribution is -2.28. The molecule has 3 aromatic rings. The molecule has 2 heterocycles. The van der Waals surface area contributed by atoms with Crippen molar-refractivity contribution in [1.29, 1.82) is 0 Å². The van der Waals surface area contributed by atoms with Gasteiger partial charge in [0.15, 0.2) is 5.76 Å². The highest BCUT2D eigenvalue weighted by molar-refractivity contribution is 6.31.